The van der Waals surface area contributed by atoms with Gasteiger partial charge in [-0.15, -0.1) is 0 Å². The number of nitrogens with zero attached hydrogens (tertiary/aromatic N) is 4. The molecule has 32 heavy (non-hydrogen) atoms. The maximum Gasteiger partial charge on any atom is 0.322 e. The minimum Gasteiger partial charge on any atom is -0.424 e. The van der Waals surface area contributed by atoms with Crippen molar-refractivity contribution in [1.29, 1.82) is 0 Å². The quantitative estimate of drug-likeness (QED) is 0.376. The lowest BCUT2D eigenvalue weighted by atomic mass is 10.0. The first kappa shape index (κ1) is 21.7. The molecule has 2 heterocycles. The predicted octanol–water partition coefficient (Wildman–Crippen LogP) is 6.28. The molecule has 0 saturated carbocycles. The zero-order chi connectivity index (χ0) is 22.7. The zero-order valence-electron chi connectivity index (χ0n) is 18.5. The highest BCUT2D eigenvalue weighted by Gasteiger charge is 2.12. The van der Waals surface area contributed by atoms with Gasteiger partial charge in [-0.25, -0.2) is 19.9 Å². The molecule has 0 amide bonds. The Bertz CT molecular complexity index is 1220. The van der Waals surface area contributed by atoms with Gasteiger partial charge in [0.2, 0.25) is 0 Å². The van der Waals surface area contributed by atoms with Crippen LogP contribution in [0.25, 0.3) is 0 Å². The van der Waals surface area contributed by atoms with Gasteiger partial charge in [-0.2, -0.15) is 0 Å². The molecule has 0 aliphatic heterocycles. The summed E-state index contributed by atoms with van der Waals surface area (Å²) in [5, 5.41) is 4.15. The Morgan fingerprint density at radius 1 is 0.812 bits per heavy atom. The number of hydrogen-bond acceptors (Lipinski definition) is 6. The van der Waals surface area contributed by atoms with Gasteiger partial charge in [-0.3, -0.25) is 0 Å². The molecular weight excluding hydrogens is 422 g/mol. The smallest absolute Gasteiger partial charge is 0.322 e. The van der Waals surface area contributed by atoms with Crippen molar-refractivity contribution in [2.75, 3.05) is 5.32 Å². The van der Waals surface area contributed by atoms with Gasteiger partial charge >= 0.3 is 6.01 Å². The number of rotatable bonds is 6. The van der Waals surface area contributed by atoms with E-state index in [-0.39, 0.29) is 0 Å². The van der Waals surface area contributed by atoms with Crippen LogP contribution >= 0.6 is 11.6 Å². The van der Waals surface area contributed by atoms with Crippen LogP contribution in [-0.2, 0) is 6.42 Å². The van der Waals surface area contributed by atoms with E-state index in [4.69, 9.17) is 16.3 Å². The van der Waals surface area contributed by atoms with Crippen molar-refractivity contribution in [2.45, 2.75) is 34.1 Å². The van der Waals surface area contributed by atoms with Crippen molar-refractivity contribution in [3.8, 4) is 11.8 Å². The van der Waals surface area contributed by atoms with Crippen LogP contribution < -0.4 is 10.1 Å². The molecule has 1 N–H and O–H groups in total. The summed E-state index contributed by atoms with van der Waals surface area (Å²) in [6, 6.07) is 17.7. The third-order valence-corrected chi connectivity index (χ3v) is 5.16. The fourth-order valence-corrected chi connectivity index (χ4v) is 3.57. The third-order valence-electron chi connectivity index (χ3n) is 4.91. The molecule has 162 valence electrons. The molecule has 0 unspecified atom stereocenters. The minimum atomic E-state index is 0.343. The summed E-state index contributed by atoms with van der Waals surface area (Å²) in [7, 11) is 0. The number of halogens is 1. The molecule has 0 radical (unpaired) electrons. The van der Waals surface area contributed by atoms with Gasteiger partial charge in [-0.1, -0.05) is 23.7 Å². The largest absolute Gasteiger partial charge is 0.424 e. The first-order valence-corrected chi connectivity index (χ1v) is 10.7. The van der Waals surface area contributed by atoms with Crippen LogP contribution in [0.15, 0.2) is 54.6 Å². The molecule has 4 aromatic rings. The Kier molecular flexibility index (Phi) is 6.32. The lowest BCUT2D eigenvalue weighted by Gasteiger charge is -2.15. The molecule has 7 heteroatoms. The molecule has 0 spiro atoms. The number of aryl methyl sites for hydroxylation is 4. The topological polar surface area (TPSA) is 72.8 Å². The first-order valence-electron chi connectivity index (χ1n) is 10.3. The van der Waals surface area contributed by atoms with Gasteiger partial charge in [0.1, 0.15) is 17.4 Å². The summed E-state index contributed by atoms with van der Waals surface area (Å²) in [4.78, 5) is 17.8. The van der Waals surface area contributed by atoms with Crippen molar-refractivity contribution < 1.29 is 4.74 Å². The minimum absolute atomic E-state index is 0.343. The van der Waals surface area contributed by atoms with Gasteiger partial charge in [0.25, 0.3) is 0 Å². The van der Waals surface area contributed by atoms with E-state index < -0.39 is 0 Å². The number of aromatic nitrogens is 4. The number of benzene rings is 2. The molecule has 0 fully saturated rings. The molecule has 0 bridgehead atoms. The van der Waals surface area contributed by atoms with Gasteiger partial charge in [0, 0.05) is 39.8 Å². The Morgan fingerprint density at radius 2 is 1.47 bits per heavy atom. The van der Waals surface area contributed by atoms with Crippen molar-refractivity contribution in [3.05, 3.63) is 93.7 Å². The van der Waals surface area contributed by atoms with Crippen LogP contribution in [0.1, 0.15) is 34.0 Å². The fourth-order valence-electron chi connectivity index (χ4n) is 3.44. The van der Waals surface area contributed by atoms with E-state index in [1.807, 2.05) is 82.3 Å². The predicted molar refractivity (Wildman–Crippen MR) is 127 cm³/mol. The molecule has 6 nitrogen and oxygen atoms in total. The molecule has 0 atom stereocenters. The van der Waals surface area contributed by atoms with Crippen molar-refractivity contribution in [3.63, 3.8) is 0 Å². The summed E-state index contributed by atoms with van der Waals surface area (Å²) >= 11 is 6.03. The van der Waals surface area contributed by atoms with Crippen LogP contribution in [0.3, 0.4) is 0 Å². The van der Waals surface area contributed by atoms with E-state index >= 15 is 0 Å². The van der Waals surface area contributed by atoms with E-state index in [1.165, 1.54) is 0 Å². The van der Waals surface area contributed by atoms with E-state index in [9.17, 15) is 0 Å². The first-order chi connectivity index (χ1) is 15.4. The maximum absolute atomic E-state index is 6.03. The van der Waals surface area contributed by atoms with Crippen LogP contribution in [0, 0.1) is 27.7 Å². The summed E-state index contributed by atoms with van der Waals surface area (Å²) in [6.07, 6.45) is 0.705. The second kappa shape index (κ2) is 9.32. The second-order valence-corrected chi connectivity index (χ2v) is 8.11. The van der Waals surface area contributed by atoms with Crippen molar-refractivity contribution in [1.82, 2.24) is 19.9 Å². The average molecular weight is 446 g/mol. The number of ether oxygens (including phenoxy) is 1. The zero-order valence-corrected chi connectivity index (χ0v) is 19.2. The normalized spacial score (nSPS) is 10.8. The maximum atomic E-state index is 6.03. The highest BCUT2D eigenvalue weighted by atomic mass is 35.5. The van der Waals surface area contributed by atoms with E-state index in [2.05, 4.69) is 25.3 Å². The van der Waals surface area contributed by atoms with Gasteiger partial charge in [-0.05, 0) is 75.7 Å². The highest BCUT2D eigenvalue weighted by molar-refractivity contribution is 6.30. The van der Waals surface area contributed by atoms with Crippen molar-refractivity contribution >= 4 is 23.1 Å². The Hall–Kier alpha value is -3.51. The molecule has 0 aliphatic rings. The third kappa shape index (κ3) is 5.39. The van der Waals surface area contributed by atoms with E-state index in [0.717, 1.165) is 50.6 Å². The highest BCUT2D eigenvalue weighted by Crippen LogP contribution is 2.27. The van der Waals surface area contributed by atoms with E-state index in [0.29, 0.717) is 18.2 Å². The molecule has 0 saturated heterocycles. The summed E-state index contributed by atoms with van der Waals surface area (Å²) in [5.74, 6) is 2.17. The molecule has 2 aromatic carbocycles. The second-order valence-electron chi connectivity index (χ2n) is 7.67. The standard InChI is InChI=1S/C25H24ClN5O/c1-15-13-16(2)28-25(27-15)32-22-11-9-21(10-12-22)31-24-23(17(3)29-18(4)30-24)14-19-5-7-20(26)8-6-19/h5-13H,14H2,1-4H3,(H,29,30,31). The molecule has 2 aromatic heterocycles. The molecule has 0 aliphatic carbocycles. The van der Waals surface area contributed by atoms with E-state index in [1.54, 1.807) is 0 Å². The van der Waals surface area contributed by atoms with Gasteiger partial charge in [0.05, 0.1) is 0 Å². The molecular formula is C25H24ClN5O. The monoisotopic (exact) mass is 445 g/mol. The average Bonchev–Trinajstić information content (AvgIpc) is 2.72. The van der Waals surface area contributed by atoms with Gasteiger partial charge < -0.3 is 10.1 Å². The Morgan fingerprint density at radius 3 is 2.12 bits per heavy atom. The summed E-state index contributed by atoms with van der Waals surface area (Å²) in [6.45, 7) is 7.74. The molecule has 4 rings (SSSR count). The van der Waals surface area contributed by atoms with Crippen LogP contribution in [0.5, 0.6) is 11.8 Å². The van der Waals surface area contributed by atoms with Crippen LogP contribution in [-0.4, -0.2) is 19.9 Å². The lowest BCUT2D eigenvalue weighted by molar-refractivity contribution is 0.439. The number of nitrogens with one attached hydrogen (secondary N) is 1. The van der Waals surface area contributed by atoms with Gasteiger partial charge in [0.15, 0.2) is 0 Å². The number of anilines is 2. The lowest BCUT2D eigenvalue weighted by Crippen LogP contribution is -2.06. The fraction of sp³-hybridized carbons (Fsp3) is 0.200. The Balaban J connectivity index is 1.55. The van der Waals surface area contributed by atoms with Crippen LogP contribution in [0.2, 0.25) is 5.02 Å². The summed E-state index contributed by atoms with van der Waals surface area (Å²) in [5.41, 5.74) is 5.77. The SMILES string of the molecule is Cc1cc(C)nc(Oc2ccc(Nc3nc(C)nc(C)c3Cc3ccc(Cl)cc3)cc2)n1. The Labute approximate surface area is 192 Å². The van der Waals surface area contributed by atoms with Crippen LogP contribution in [0.4, 0.5) is 11.5 Å². The summed E-state index contributed by atoms with van der Waals surface area (Å²) < 4.78 is 5.81. The number of hydrogen-bond donors (Lipinski definition) is 1. The van der Waals surface area contributed by atoms with Crippen molar-refractivity contribution in [2.24, 2.45) is 0 Å².